The first kappa shape index (κ1) is 24.0. The number of ether oxygens (including phenoxy) is 1. The van der Waals surface area contributed by atoms with E-state index in [2.05, 4.69) is 19.9 Å². The van der Waals surface area contributed by atoms with Crippen LogP contribution in [0.1, 0.15) is 43.2 Å². The van der Waals surface area contributed by atoms with Gasteiger partial charge in [-0.3, -0.25) is 9.78 Å². The van der Waals surface area contributed by atoms with Crippen LogP contribution in [0.15, 0.2) is 48.9 Å². The molecule has 0 aliphatic carbocycles. The molecule has 8 heteroatoms. The van der Waals surface area contributed by atoms with E-state index in [1.807, 2.05) is 18.2 Å². The standard InChI is InChI=1S/C26H31FN4O3/c1-34-19-6-8-24-21(16-19)20(9-13-28-24)23(27)7-5-18-10-15-31(17-22(18)26(32)33)14-2-4-25-29-11-3-12-30-25/h3,6,8-9,11-13,16,18,22-23H,2,4-5,7,10,14-15,17H2,1H3,(H,32,33)/t18-,22+,23-/m1/s1. The Kier molecular flexibility index (Phi) is 8.00. The van der Waals surface area contributed by atoms with Crippen molar-refractivity contribution in [3.63, 3.8) is 0 Å². The third-order valence-electron chi connectivity index (χ3n) is 6.76. The zero-order valence-electron chi connectivity index (χ0n) is 19.4. The molecule has 0 spiro atoms. The Hall–Kier alpha value is -3.13. The first-order valence-corrected chi connectivity index (χ1v) is 11.8. The molecule has 1 saturated heterocycles. The molecule has 7 nitrogen and oxygen atoms in total. The predicted octanol–water partition coefficient (Wildman–Crippen LogP) is 4.48. The second-order valence-corrected chi connectivity index (χ2v) is 8.89. The first-order valence-electron chi connectivity index (χ1n) is 11.8. The van der Waals surface area contributed by atoms with Gasteiger partial charge in [-0.05, 0) is 80.6 Å². The van der Waals surface area contributed by atoms with Crippen molar-refractivity contribution in [2.75, 3.05) is 26.7 Å². The Morgan fingerprint density at radius 1 is 1.24 bits per heavy atom. The van der Waals surface area contributed by atoms with Crippen molar-refractivity contribution in [1.29, 1.82) is 0 Å². The lowest BCUT2D eigenvalue weighted by atomic mass is 9.81. The van der Waals surface area contributed by atoms with Crippen molar-refractivity contribution in [3.8, 4) is 5.75 Å². The summed E-state index contributed by atoms with van der Waals surface area (Å²) in [6.45, 7) is 2.14. The largest absolute Gasteiger partial charge is 0.497 e. The normalized spacial score (nSPS) is 19.7. The van der Waals surface area contributed by atoms with Gasteiger partial charge in [-0.15, -0.1) is 0 Å². The Morgan fingerprint density at radius 3 is 2.82 bits per heavy atom. The molecule has 1 aromatic carbocycles. The van der Waals surface area contributed by atoms with Crippen LogP contribution in [-0.4, -0.2) is 57.7 Å². The number of hydrogen-bond donors (Lipinski definition) is 1. The van der Waals surface area contributed by atoms with E-state index in [0.29, 0.717) is 24.3 Å². The summed E-state index contributed by atoms with van der Waals surface area (Å²) >= 11 is 0. The smallest absolute Gasteiger partial charge is 0.308 e. The van der Waals surface area contributed by atoms with Gasteiger partial charge in [-0.25, -0.2) is 14.4 Å². The molecule has 1 N–H and O–H groups in total. The lowest BCUT2D eigenvalue weighted by Gasteiger charge is -2.36. The minimum absolute atomic E-state index is 0.0351. The maximum Gasteiger partial charge on any atom is 0.308 e. The Balaban J connectivity index is 1.34. The minimum Gasteiger partial charge on any atom is -0.497 e. The molecule has 0 radical (unpaired) electrons. The summed E-state index contributed by atoms with van der Waals surface area (Å²) in [6, 6.07) is 8.94. The topological polar surface area (TPSA) is 88.4 Å². The zero-order chi connectivity index (χ0) is 23.9. The lowest BCUT2D eigenvalue weighted by Crippen LogP contribution is -2.44. The second-order valence-electron chi connectivity index (χ2n) is 8.89. The van der Waals surface area contributed by atoms with E-state index in [1.54, 1.807) is 37.8 Å². The number of nitrogens with zero attached hydrogens (tertiary/aromatic N) is 4. The number of carboxylic acid groups (broad SMARTS) is 1. The Morgan fingerprint density at radius 2 is 2.06 bits per heavy atom. The highest BCUT2D eigenvalue weighted by molar-refractivity contribution is 5.83. The van der Waals surface area contributed by atoms with E-state index in [1.165, 1.54) is 0 Å². The second kappa shape index (κ2) is 11.3. The van der Waals surface area contributed by atoms with Crippen LogP contribution in [0.25, 0.3) is 10.9 Å². The number of piperidine rings is 1. The van der Waals surface area contributed by atoms with Crippen LogP contribution >= 0.6 is 0 Å². The number of likely N-dealkylation sites (tertiary alicyclic amines) is 1. The molecule has 0 amide bonds. The van der Waals surface area contributed by atoms with Gasteiger partial charge in [0.15, 0.2) is 0 Å². The average molecular weight is 467 g/mol. The fraction of sp³-hybridized carbons (Fsp3) is 0.462. The summed E-state index contributed by atoms with van der Waals surface area (Å²) in [7, 11) is 1.58. The van der Waals surface area contributed by atoms with Gasteiger partial charge in [0.25, 0.3) is 0 Å². The number of carboxylic acids is 1. The molecule has 3 heterocycles. The molecule has 4 rings (SSSR count). The summed E-state index contributed by atoms with van der Waals surface area (Å²) < 4.78 is 20.6. The van der Waals surface area contributed by atoms with Gasteiger partial charge in [-0.1, -0.05) is 0 Å². The van der Waals surface area contributed by atoms with Crippen LogP contribution in [-0.2, 0) is 11.2 Å². The number of hydrogen-bond acceptors (Lipinski definition) is 6. The monoisotopic (exact) mass is 466 g/mol. The van der Waals surface area contributed by atoms with Gasteiger partial charge in [0.05, 0.1) is 18.5 Å². The van der Waals surface area contributed by atoms with E-state index >= 15 is 4.39 Å². The molecule has 1 aliphatic rings. The summed E-state index contributed by atoms with van der Waals surface area (Å²) in [6.07, 6.45) is 7.14. The molecule has 2 aromatic heterocycles. The molecular formula is C26H31FN4O3. The van der Waals surface area contributed by atoms with Crippen LogP contribution in [0.2, 0.25) is 0 Å². The molecule has 1 aliphatic heterocycles. The average Bonchev–Trinajstić information content (AvgIpc) is 2.87. The van der Waals surface area contributed by atoms with E-state index < -0.39 is 18.1 Å². The number of pyridine rings is 1. The number of fused-ring (bicyclic) bond motifs is 1. The van der Waals surface area contributed by atoms with Crippen molar-refractivity contribution in [2.24, 2.45) is 11.8 Å². The van der Waals surface area contributed by atoms with E-state index in [4.69, 9.17) is 4.74 Å². The Labute approximate surface area is 199 Å². The van der Waals surface area contributed by atoms with Gasteiger partial charge in [0.1, 0.15) is 17.7 Å². The highest BCUT2D eigenvalue weighted by Gasteiger charge is 2.34. The number of benzene rings is 1. The van der Waals surface area contributed by atoms with Crippen LogP contribution in [0.5, 0.6) is 5.75 Å². The predicted molar refractivity (Wildman–Crippen MR) is 127 cm³/mol. The van der Waals surface area contributed by atoms with Gasteiger partial charge < -0.3 is 14.7 Å². The first-order chi connectivity index (χ1) is 16.5. The third-order valence-corrected chi connectivity index (χ3v) is 6.76. The molecule has 3 atom stereocenters. The van der Waals surface area contributed by atoms with Crippen molar-refractivity contribution in [2.45, 2.75) is 38.3 Å². The van der Waals surface area contributed by atoms with Gasteiger partial charge in [0.2, 0.25) is 0 Å². The molecule has 0 bridgehead atoms. The van der Waals surface area contributed by atoms with Gasteiger partial charge in [-0.2, -0.15) is 0 Å². The molecule has 3 aromatic rings. The number of halogens is 1. The number of aliphatic carboxylic acids is 1. The summed E-state index contributed by atoms with van der Waals surface area (Å²) in [5, 5.41) is 10.6. The summed E-state index contributed by atoms with van der Waals surface area (Å²) in [5.41, 5.74) is 1.30. The highest BCUT2D eigenvalue weighted by Crippen LogP contribution is 2.35. The van der Waals surface area contributed by atoms with Crippen LogP contribution in [0.3, 0.4) is 0 Å². The molecule has 0 unspecified atom stereocenters. The fourth-order valence-corrected chi connectivity index (χ4v) is 4.88. The van der Waals surface area contributed by atoms with Crippen molar-refractivity contribution in [1.82, 2.24) is 19.9 Å². The Bertz CT molecular complexity index is 1100. The molecule has 180 valence electrons. The summed E-state index contributed by atoms with van der Waals surface area (Å²) in [5.74, 6) is 0.152. The zero-order valence-corrected chi connectivity index (χ0v) is 19.4. The lowest BCUT2D eigenvalue weighted by molar-refractivity contribution is -0.146. The fourth-order valence-electron chi connectivity index (χ4n) is 4.88. The number of alkyl halides is 1. The number of aromatic nitrogens is 3. The van der Waals surface area contributed by atoms with Gasteiger partial charge >= 0.3 is 5.97 Å². The molecule has 0 saturated carbocycles. The van der Waals surface area contributed by atoms with E-state index in [-0.39, 0.29) is 12.3 Å². The highest BCUT2D eigenvalue weighted by atomic mass is 19.1. The maximum atomic E-state index is 15.4. The molecule has 34 heavy (non-hydrogen) atoms. The quantitative estimate of drug-likeness (QED) is 0.471. The number of carbonyl (C=O) groups is 1. The van der Waals surface area contributed by atoms with Crippen molar-refractivity contribution in [3.05, 3.63) is 60.3 Å². The van der Waals surface area contributed by atoms with Crippen LogP contribution in [0, 0.1) is 11.8 Å². The van der Waals surface area contributed by atoms with Crippen molar-refractivity contribution >= 4 is 16.9 Å². The number of aryl methyl sites for hydroxylation is 1. The van der Waals surface area contributed by atoms with E-state index in [9.17, 15) is 9.90 Å². The van der Waals surface area contributed by atoms with Crippen LogP contribution in [0.4, 0.5) is 4.39 Å². The minimum atomic E-state index is -1.18. The number of rotatable bonds is 10. The van der Waals surface area contributed by atoms with Crippen molar-refractivity contribution < 1.29 is 19.0 Å². The number of methoxy groups -OCH3 is 1. The third kappa shape index (κ3) is 5.86. The maximum absolute atomic E-state index is 15.4. The SMILES string of the molecule is COc1ccc2nccc([C@H](F)CC[C@@H]3CCN(CCCc4ncccn4)C[C@@H]3C(=O)O)c2c1. The molecule has 1 fully saturated rings. The molecular weight excluding hydrogens is 435 g/mol. The van der Waals surface area contributed by atoms with Gasteiger partial charge in [0, 0.05) is 36.9 Å². The summed E-state index contributed by atoms with van der Waals surface area (Å²) in [4.78, 5) is 27.0. The van der Waals surface area contributed by atoms with E-state index in [0.717, 1.165) is 49.1 Å². The van der Waals surface area contributed by atoms with Crippen LogP contribution < -0.4 is 4.74 Å².